The van der Waals surface area contributed by atoms with E-state index in [9.17, 15) is 4.79 Å². The van der Waals surface area contributed by atoms with Gasteiger partial charge < -0.3 is 10.3 Å². The zero-order chi connectivity index (χ0) is 17.8. The van der Waals surface area contributed by atoms with Gasteiger partial charge in [0.05, 0.1) is 11.8 Å². The summed E-state index contributed by atoms with van der Waals surface area (Å²) < 4.78 is 7.69. The van der Waals surface area contributed by atoms with E-state index in [0.717, 1.165) is 33.5 Å². The van der Waals surface area contributed by atoms with Crippen LogP contribution in [0.25, 0.3) is 11.4 Å². The molecule has 0 aliphatic rings. The Bertz CT molecular complexity index is 873. The SMILES string of the molecule is Cc1occc1-c1nnc(SCCCC(=O)c2ccc(Br)cc2)n1N. The third-order valence-electron chi connectivity index (χ3n) is 3.71. The molecule has 0 unspecified atom stereocenters. The third-order valence-corrected chi connectivity index (χ3v) is 5.27. The van der Waals surface area contributed by atoms with E-state index in [4.69, 9.17) is 10.3 Å². The van der Waals surface area contributed by atoms with Crippen LogP contribution in [0.2, 0.25) is 0 Å². The van der Waals surface area contributed by atoms with Crippen molar-refractivity contribution >= 4 is 33.5 Å². The number of furan rings is 1. The molecule has 130 valence electrons. The quantitative estimate of drug-likeness (QED) is 0.268. The van der Waals surface area contributed by atoms with Crippen molar-refractivity contribution in [2.45, 2.75) is 24.9 Å². The number of hydrogen-bond donors (Lipinski definition) is 1. The highest BCUT2D eigenvalue weighted by atomic mass is 79.9. The number of nitrogens with two attached hydrogens (primary N) is 1. The number of halogens is 1. The molecule has 0 saturated carbocycles. The summed E-state index contributed by atoms with van der Waals surface area (Å²) in [5.74, 6) is 8.26. The maximum absolute atomic E-state index is 12.1. The first kappa shape index (κ1) is 17.8. The smallest absolute Gasteiger partial charge is 0.210 e. The van der Waals surface area contributed by atoms with E-state index in [1.807, 2.05) is 37.3 Å². The Morgan fingerprint density at radius 3 is 2.72 bits per heavy atom. The number of nitrogens with zero attached hydrogens (tertiary/aromatic N) is 3. The lowest BCUT2D eigenvalue weighted by Gasteiger charge is -2.03. The van der Waals surface area contributed by atoms with Gasteiger partial charge in [0, 0.05) is 22.2 Å². The molecule has 0 fully saturated rings. The molecule has 0 aliphatic heterocycles. The summed E-state index contributed by atoms with van der Waals surface area (Å²) in [5, 5.41) is 8.86. The number of benzene rings is 1. The van der Waals surface area contributed by atoms with Gasteiger partial charge in [0.2, 0.25) is 5.16 Å². The lowest BCUT2D eigenvalue weighted by atomic mass is 10.1. The van der Waals surface area contributed by atoms with Crippen molar-refractivity contribution in [3.05, 3.63) is 52.4 Å². The maximum Gasteiger partial charge on any atom is 0.210 e. The van der Waals surface area contributed by atoms with Gasteiger partial charge in [-0.15, -0.1) is 10.2 Å². The highest BCUT2D eigenvalue weighted by molar-refractivity contribution is 9.10. The molecule has 8 heteroatoms. The molecule has 3 rings (SSSR count). The van der Waals surface area contributed by atoms with Crippen molar-refractivity contribution < 1.29 is 9.21 Å². The molecule has 2 N–H and O–H groups in total. The van der Waals surface area contributed by atoms with E-state index in [1.165, 1.54) is 16.4 Å². The molecule has 0 aliphatic carbocycles. The largest absolute Gasteiger partial charge is 0.469 e. The Hall–Kier alpha value is -2.06. The Kier molecular flexibility index (Phi) is 5.60. The first-order valence-electron chi connectivity index (χ1n) is 7.73. The van der Waals surface area contributed by atoms with Crippen molar-refractivity contribution in [3.63, 3.8) is 0 Å². The predicted molar refractivity (Wildman–Crippen MR) is 101 cm³/mol. The highest BCUT2D eigenvalue weighted by Crippen LogP contribution is 2.25. The lowest BCUT2D eigenvalue weighted by molar-refractivity contribution is 0.0982. The molecule has 0 radical (unpaired) electrons. The van der Waals surface area contributed by atoms with Crippen molar-refractivity contribution in [1.82, 2.24) is 14.9 Å². The van der Waals surface area contributed by atoms with Gasteiger partial charge >= 0.3 is 0 Å². The molecule has 0 atom stereocenters. The number of Topliss-reactive ketones (excluding diaryl/α,β-unsaturated/α-hetero) is 1. The fourth-order valence-electron chi connectivity index (χ4n) is 2.35. The summed E-state index contributed by atoms with van der Waals surface area (Å²) in [4.78, 5) is 12.1. The average molecular weight is 421 g/mol. The minimum absolute atomic E-state index is 0.136. The zero-order valence-electron chi connectivity index (χ0n) is 13.6. The minimum Gasteiger partial charge on any atom is -0.469 e. The molecule has 6 nitrogen and oxygen atoms in total. The monoisotopic (exact) mass is 420 g/mol. The summed E-state index contributed by atoms with van der Waals surface area (Å²) in [6.45, 7) is 1.85. The number of thioether (sulfide) groups is 1. The van der Waals surface area contributed by atoms with Gasteiger partial charge in [-0.2, -0.15) is 0 Å². The number of nitrogen functional groups attached to an aromatic ring is 1. The van der Waals surface area contributed by atoms with E-state index >= 15 is 0 Å². The predicted octanol–water partition coefficient (Wildman–Crippen LogP) is 4.08. The second kappa shape index (κ2) is 7.88. The van der Waals surface area contributed by atoms with Gasteiger partial charge in [0.15, 0.2) is 11.6 Å². The second-order valence-corrected chi connectivity index (χ2v) is 7.43. The molecular formula is C17H17BrN4O2S. The van der Waals surface area contributed by atoms with Gasteiger partial charge in [-0.25, -0.2) is 4.68 Å². The van der Waals surface area contributed by atoms with Crippen molar-refractivity contribution in [2.75, 3.05) is 11.6 Å². The molecule has 2 aromatic heterocycles. The molecule has 25 heavy (non-hydrogen) atoms. The van der Waals surface area contributed by atoms with E-state index in [-0.39, 0.29) is 5.78 Å². The van der Waals surface area contributed by atoms with Crippen LogP contribution in [-0.2, 0) is 0 Å². The fourth-order valence-corrected chi connectivity index (χ4v) is 3.41. The first-order valence-corrected chi connectivity index (χ1v) is 9.50. The summed E-state index contributed by atoms with van der Waals surface area (Å²) in [6, 6.07) is 9.22. The molecule has 2 heterocycles. The van der Waals surface area contributed by atoms with Crippen LogP contribution >= 0.6 is 27.7 Å². The van der Waals surface area contributed by atoms with Gasteiger partial charge in [0.1, 0.15) is 5.76 Å². The first-order chi connectivity index (χ1) is 12.1. The molecule has 0 spiro atoms. The van der Waals surface area contributed by atoms with Crippen molar-refractivity contribution in [2.24, 2.45) is 0 Å². The van der Waals surface area contributed by atoms with E-state index < -0.39 is 0 Å². The Labute approximate surface area is 157 Å². The number of aromatic nitrogens is 3. The van der Waals surface area contributed by atoms with Crippen LogP contribution < -0.4 is 5.84 Å². The van der Waals surface area contributed by atoms with Crippen LogP contribution in [0.4, 0.5) is 0 Å². The standard InChI is InChI=1S/C17H17BrN4O2S/c1-11-14(8-9-24-11)16-20-21-17(22(16)19)25-10-2-3-15(23)12-4-6-13(18)7-5-12/h4-9H,2-3,10,19H2,1H3. The van der Waals surface area contributed by atoms with Crippen LogP contribution in [0.5, 0.6) is 0 Å². The van der Waals surface area contributed by atoms with Crippen LogP contribution in [0, 0.1) is 6.92 Å². The summed E-state index contributed by atoms with van der Waals surface area (Å²) in [6.07, 6.45) is 2.83. The van der Waals surface area contributed by atoms with Gasteiger partial charge in [-0.05, 0) is 31.5 Å². The topological polar surface area (TPSA) is 86.9 Å². The third kappa shape index (κ3) is 4.13. The summed E-state index contributed by atoms with van der Waals surface area (Å²) >= 11 is 4.85. The molecule has 0 saturated heterocycles. The molecule has 0 bridgehead atoms. The fraction of sp³-hybridized carbons (Fsp3) is 0.235. The van der Waals surface area contributed by atoms with E-state index in [2.05, 4.69) is 26.1 Å². The van der Waals surface area contributed by atoms with Gasteiger partial charge in [0.25, 0.3) is 0 Å². The number of carbonyl (C=O) groups is 1. The summed E-state index contributed by atoms with van der Waals surface area (Å²) in [7, 11) is 0. The number of ketones is 1. The number of hydrogen-bond acceptors (Lipinski definition) is 6. The van der Waals surface area contributed by atoms with Crippen molar-refractivity contribution in [1.29, 1.82) is 0 Å². The van der Waals surface area contributed by atoms with Gasteiger partial charge in [-0.3, -0.25) is 4.79 Å². The Morgan fingerprint density at radius 1 is 1.28 bits per heavy atom. The van der Waals surface area contributed by atoms with Gasteiger partial charge in [-0.1, -0.05) is 39.8 Å². The summed E-state index contributed by atoms with van der Waals surface area (Å²) in [5.41, 5.74) is 1.56. The number of carbonyl (C=O) groups excluding carboxylic acids is 1. The van der Waals surface area contributed by atoms with Crippen LogP contribution in [0.3, 0.4) is 0 Å². The molecule has 1 aromatic carbocycles. The van der Waals surface area contributed by atoms with Crippen LogP contribution in [0.1, 0.15) is 29.0 Å². The van der Waals surface area contributed by atoms with Crippen LogP contribution in [-0.4, -0.2) is 26.4 Å². The second-order valence-electron chi connectivity index (χ2n) is 5.45. The van der Waals surface area contributed by atoms with E-state index in [0.29, 0.717) is 17.4 Å². The number of rotatable bonds is 7. The minimum atomic E-state index is 0.136. The number of aryl methyl sites for hydroxylation is 1. The van der Waals surface area contributed by atoms with E-state index in [1.54, 1.807) is 6.26 Å². The molecule has 0 amide bonds. The average Bonchev–Trinajstić information content (AvgIpc) is 3.18. The maximum atomic E-state index is 12.1. The molecular weight excluding hydrogens is 404 g/mol. The molecule has 3 aromatic rings. The lowest BCUT2D eigenvalue weighted by Crippen LogP contribution is -2.11. The van der Waals surface area contributed by atoms with Crippen molar-refractivity contribution in [3.8, 4) is 11.4 Å². The van der Waals surface area contributed by atoms with Crippen LogP contribution in [0.15, 0.2) is 50.6 Å². The Balaban J connectivity index is 1.53. The zero-order valence-corrected chi connectivity index (χ0v) is 16.0. The Morgan fingerprint density at radius 2 is 2.04 bits per heavy atom. The highest BCUT2D eigenvalue weighted by Gasteiger charge is 2.15. The normalized spacial score (nSPS) is 11.0.